The predicted octanol–water partition coefficient (Wildman–Crippen LogP) is 3.57. The van der Waals surface area contributed by atoms with Crippen molar-refractivity contribution in [3.8, 4) is 0 Å². The fraction of sp³-hybridized carbons (Fsp3) is 0.364. The summed E-state index contributed by atoms with van der Waals surface area (Å²) in [6.45, 7) is 0. The van der Waals surface area contributed by atoms with Crippen molar-refractivity contribution in [2.75, 3.05) is 0 Å². The van der Waals surface area contributed by atoms with Gasteiger partial charge in [-0.1, -0.05) is 15.9 Å². The van der Waals surface area contributed by atoms with Crippen LogP contribution in [0.3, 0.4) is 0 Å². The van der Waals surface area contributed by atoms with E-state index < -0.39 is 5.82 Å². The van der Waals surface area contributed by atoms with Gasteiger partial charge in [-0.2, -0.15) is 0 Å². The second-order valence-electron chi connectivity index (χ2n) is 3.69. The lowest BCUT2D eigenvalue weighted by Crippen LogP contribution is -2.03. The summed E-state index contributed by atoms with van der Waals surface area (Å²) in [5.74, 6) is 0.00558. The topological polar surface area (TPSA) is 17.1 Å². The highest BCUT2D eigenvalue weighted by Crippen LogP contribution is 2.34. The molecule has 1 aliphatic carbocycles. The van der Waals surface area contributed by atoms with E-state index in [-0.39, 0.29) is 11.3 Å². The van der Waals surface area contributed by atoms with Crippen LogP contribution in [0.4, 0.5) is 4.39 Å². The molecule has 0 unspecified atom stereocenters. The highest BCUT2D eigenvalue weighted by Gasteiger charge is 2.26. The van der Waals surface area contributed by atoms with Crippen LogP contribution in [0.2, 0.25) is 0 Å². The maximum Gasteiger partial charge on any atom is 0.166 e. The lowest BCUT2D eigenvalue weighted by molar-refractivity contribution is 0.0972. The minimum absolute atomic E-state index is 0.0775. The second-order valence-corrected chi connectivity index (χ2v) is 4.61. The van der Waals surface area contributed by atoms with Gasteiger partial charge >= 0.3 is 0 Å². The van der Waals surface area contributed by atoms with E-state index in [0.717, 1.165) is 17.3 Å². The van der Waals surface area contributed by atoms with Crippen molar-refractivity contribution in [2.45, 2.75) is 19.3 Å². The third kappa shape index (κ3) is 2.21. The molecule has 0 amide bonds. The SMILES string of the molecule is O=C(CC1CC1)c1cc(Br)ccc1F. The fourth-order valence-corrected chi connectivity index (χ4v) is 1.77. The van der Waals surface area contributed by atoms with Gasteiger partial charge in [0.1, 0.15) is 5.82 Å². The first-order valence-electron chi connectivity index (χ1n) is 4.65. The smallest absolute Gasteiger partial charge is 0.166 e. The van der Waals surface area contributed by atoms with E-state index in [1.807, 2.05) is 0 Å². The summed E-state index contributed by atoms with van der Waals surface area (Å²) in [7, 11) is 0. The van der Waals surface area contributed by atoms with E-state index in [1.165, 1.54) is 6.07 Å². The first-order chi connectivity index (χ1) is 6.66. The monoisotopic (exact) mass is 256 g/mol. The van der Waals surface area contributed by atoms with Crippen LogP contribution in [0.15, 0.2) is 22.7 Å². The quantitative estimate of drug-likeness (QED) is 0.756. The second kappa shape index (κ2) is 3.81. The Hall–Kier alpha value is -0.700. The molecular formula is C11H10BrFO. The number of benzene rings is 1. The van der Waals surface area contributed by atoms with Crippen molar-refractivity contribution in [3.05, 3.63) is 34.1 Å². The average Bonchev–Trinajstić information content (AvgIpc) is 2.93. The summed E-state index contributed by atoms with van der Waals surface area (Å²) in [6, 6.07) is 4.48. The maximum absolute atomic E-state index is 13.2. The zero-order valence-electron chi connectivity index (χ0n) is 7.59. The number of rotatable bonds is 3. The number of halogens is 2. The Morgan fingerprint density at radius 3 is 2.86 bits per heavy atom. The van der Waals surface area contributed by atoms with Crippen LogP contribution in [0, 0.1) is 11.7 Å². The third-order valence-corrected chi connectivity index (χ3v) is 2.89. The molecule has 0 heterocycles. The van der Waals surface area contributed by atoms with Gasteiger partial charge in [0.25, 0.3) is 0 Å². The molecule has 0 saturated heterocycles. The molecule has 0 aromatic heterocycles. The van der Waals surface area contributed by atoms with E-state index >= 15 is 0 Å². The van der Waals surface area contributed by atoms with Crippen molar-refractivity contribution in [1.29, 1.82) is 0 Å². The Balaban J connectivity index is 2.20. The molecule has 1 saturated carbocycles. The van der Waals surface area contributed by atoms with Gasteiger partial charge in [0.15, 0.2) is 5.78 Å². The summed E-state index contributed by atoms with van der Waals surface area (Å²) < 4.78 is 14.0. The number of Topliss-reactive ketones (excluding diaryl/α,β-unsaturated/α-hetero) is 1. The van der Waals surface area contributed by atoms with Crippen molar-refractivity contribution >= 4 is 21.7 Å². The van der Waals surface area contributed by atoms with Crippen LogP contribution >= 0.6 is 15.9 Å². The Morgan fingerprint density at radius 2 is 2.21 bits per heavy atom. The molecule has 74 valence electrons. The van der Waals surface area contributed by atoms with Crippen LogP contribution in [0.1, 0.15) is 29.6 Å². The largest absolute Gasteiger partial charge is 0.294 e. The molecule has 0 bridgehead atoms. The summed E-state index contributed by atoms with van der Waals surface area (Å²) in [4.78, 5) is 11.6. The maximum atomic E-state index is 13.2. The van der Waals surface area contributed by atoms with E-state index in [1.54, 1.807) is 12.1 Å². The van der Waals surface area contributed by atoms with Gasteiger partial charge in [-0.05, 0) is 37.0 Å². The minimum Gasteiger partial charge on any atom is -0.294 e. The number of ketones is 1. The van der Waals surface area contributed by atoms with Crippen LogP contribution in [-0.4, -0.2) is 5.78 Å². The molecule has 1 aromatic rings. The van der Waals surface area contributed by atoms with E-state index in [4.69, 9.17) is 0 Å². The zero-order valence-corrected chi connectivity index (χ0v) is 9.18. The van der Waals surface area contributed by atoms with Gasteiger partial charge in [-0.15, -0.1) is 0 Å². The number of carbonyl (C=O) groups is 1. The number of hydrogen-bond donors (Lipinski definition) is 0. The van der Waals surface area contributed by atoms with Gasteiger partial charge in [-0.25, -0.2) is 4.39 Å². The molecule has 2 rings (SSSR count). The first kappa shape index (κ1) is 9.84. The Morgan fingerprint density at radius 1 is 1.50 bits per heavy atom. The standard InChI is InChI=1S/C11H10BrFO/c12-8-3-4-10(13)9(6-8)11(14)5-7-1-2-7/h3-4,6-7H,1-2,5H2. The number of hydrogen-bond acceptors (Lipinski definition) is 1. The van der Waals surface area contributed by atoms with E-state index in [0.29, 0.717) is 12.3 Å². The normalized spacial score (nSPS) is 15.6. The molecule has 0 spiro atoms. The van der Waals surface area contributed by atoms with Crippen molar-refractivity contribution < 1.29 is 9.18 Å². The molecule has 1 aliphatic rings. The lowest BCUT2D eigenvalue weighted by Gasteiger charge is -2.01. The Bertz CT molecular complexity index is 372. The van der Waals surface area contributed by atoms with Crippen LogP contribution in [0.5, 0.6) is 0 Å². The van der Waals surface area contributed by atoms with Crippen molar-refractivity contribution in [1.82, 2.24) is 0 Å². The summed E-state index contributed by atoms with van der Waals surface area (Å²) in [6.07, 6.45) is 2.72. The minimum atomic E-state index is -0.418. The predicted molar refractivity (Wildman–Crippen MR) is 55.8 cm³/mol. The van der Waals surface area contributed by atoms with E-state index in [9.17, 15) is 9.18 Å². The average molecular weight is 257 g/mol. The number of carbonyl (C=O) groups excluding carboxylic acids is 1. The molecule has 1 fully saturated rings. The summed E-state index contributed by atoms with van der Waals surface area (Å²) in [5, 5.41) is 0. The third-order valence-electron chi connectivity index (χ3n) is 2.40. The van der Waals surface area contributed by atoms with Gasteiger partial charge in [0.05, 0.1) is 5.56 Å². The van der Waals surface area contributed by atoms with Gasteiger partial charge in [-0.3, -0.25) is 4.79 Å². The van der Waals surface area contributed by atoms with Crippen LogP contribution in [-0.2, 0) is 0 Å². The molecule has 0 atom stereocenters. The van der Waals surface area contributed by atoms with Crippen molar-refractivity contribution in [2.24, 2.45) is 5.92 Å². The highest BCUT2D eigenvalue weighted by molar-refractivity contribution is 9.10. The van der Waals surface area contributed by atoms with Crippen LogP contribution in [0.25, 0.3) is 0 Å². The Labute approximate surface area is 90.4 Å². The van der Waals surface area contributed by atoms with Crippen molar-refractivity contribution in [3.63, 3.8) is 0 Å². The summed E-state index contributed by atoms with van der Waals surface area (Å²) >= 11 is 3.23. The lowest BCUT2D eigenvalue weighted by atomic mass is 10.1. The molecule has 1 aromatic carbocycles. The molecule has 0 N–H and O–H groups in total. The summed E-state index contributed by atoms with van der Waals surface area (Å²) in [5.41, 5.74) is 0.214. The fourth-order valence-electron chi connectivity index (χ4n) is 1.41. The molecule has 1 nitrogen and oxygen atoms in total. The van der Waals surface area contributed by atoms with Gasteiger partial charge in [0, 0.05) is 10.9 Å². The molecule has 3 heteroatoms. The highest BCUT2D eigenvalue weighted by atomic mass is 79.9. The molecular weight excluding hydrogens is 247 g/mol. The Kier molecular flexibility index (Phi) is 2.68. The molecule has 14 heavy (non-hydrogen) atoms. The van der Waals surface area contributed by atoms with Gasteiger partial charge in [0.2, 0.25) is 0 Å². The molecule has 0 aliphatic heterocycles. The molecule has 0 radical (unpaired) electrons. The van der Waals surface area contributed by atoms with Crippen LogP contribution < -0.4 is 0 Å². The first-order valence-corrected chi connectivity index (χ1v) is 5.44. The van der Waals surface area contributed by atoms with E-state index in [2.05, 4.69) is 15.9 Å². The zero-order chi connectivity index (χ0) is 10.1. The van der Waals surface area contributed by atoms with Gasteiger partial charge < -0.3 is 0 Å².